The molecular weight excluding hydrogens is 261 g/mol. The highest BCUT2D eigenvalue weighted by molar-refractivity contribution is 5.59. The van der Waals surface area contributed by atoms with Crippen molar-refractivity contribution in [1.29, 1.82) is 0 Å². The van der Waals surface area contributed by atoms with Crippen LogP contribution in [0.5, 0.6) is 6.01 Å². The van der Waals surface area contributed by atoms with Gasteiger partial charge in [-0.3, -0.25) is 0 Å². The molecule has 0 amide bonds. The fourth-order valence-electron chi connectivity index (χ4n) is 1.58. The number of anilines is 3. The Morgan fingerprint density at radius 2 is 1.95 bits per heavy atom. The molecule has 0 bridgehead atoms. The summed E-state index contributed by atoms with van der Waals surface area (Å²) in [6.45, 7) is 3.97. The van der Waals surface area contributed by atoms with Crippen LogP contribution in [0.4, 0.5) is 22.0 Å². The summed E-state index contributed by atoms with van der Waals surface area (Å²) in [5.74, 6) is 0.379. The van der Waals surface area contributed by atoms with Crippen molar-refractivity contribution < 1.29 is 9.13 Å². The summed E-state index contributed by atoms with van der Waals surface area (Å²) in [4.78, 5) is 12.3. The zero-order valence-electron chi connectivity index (χ0n) is 11.6. The van der Waals surface area contributed by atoms with Crippen LogP contribution in [-0.2, 0) is 0 Å². The molecule has 2 rings (SSSR count). The summed E-state index contributed by atoms with van der Waals surface area (Å²) in [6, 6.07) is 4.98. The monoisotopic (exact) mass is 277 g/mol. The second-order valence-electron chi connectivity index (χ2n) is 3.99. The van der Waals surface area contributed by atoms with Gasteiger partial charge in [0.15, 0.2) is 0 Å². The van der Waals surface area contributed by atoms with Crippen molar-refractivity contribution in [1.82, 2.24) is 15.0 Å². The van der Waals surface area contributed by atoms with Gasteiger partial charge in [0.2, 0.25) is 11.9 Å². The average Bonchev–Trinajstić information content (AvgIpc) is 2.44. The molecule has 7 heteroatoms. The van der Waals surface area contributed by atoms with Crippen LogP contribution in [0.2, 0.25) is 0 Å². The summed E-state index contributed by atoms with van der Waals surface area (Å²) in [5, 5.41) is 5.79. The van der Waals surface area contributed by atoms with Gasteiger partial charge in [-0.05, 0) is 26.0 Å². The quantitative estimate of drug-likeness (QED) is 0.875. The molecule has 0 spiro atoms. The average molecular weight is 277 g/mol. The van der Waals surface area contributed by atoms with E-state index in [1.54, 1.807) is 26.1 Å². The predicted molar refractivity (Wildman–Crippen MR) is 75.0 cm³/mol. The van der Waals surface area contributed by atoms with E-state index >= 15 is 0 Å². The minimum absolute atomic E-state index is 0.211. The first-order valence-corrected chi connectivity index (χ1v) is 6.22. The van der Waals surface area contributed by atoms with Crippen LogP contribution in [0.1, 0.15) is 12.5 Å². The molecule has 0 aliphatic heterocycles. The Hall–Kier alpha value is -2.44. The van der Waals surface area contributed by atoms with Crippen LogP contribution >= 0.6 is 0 Å². The molecule has 2 N–H and O–H groups in total. The van der Waals surface area contributed by atoms with E-state index in [2.05, 4.69) is 25.6 Å². The molecule has 106 valence electrons. The number of hydrogen-bond acceptors (Lipinski definition) is 6. The van der Waals surface area contributed by atoms with Crippen molar-refractivity contribution in [3.05, 3.63) is 29.6 Å². The number of hydrogen-bond donors (Lipinski definition) is 2. The molecular formula is C13H16FN5O. The van der Waals surface area contributed by atoms with Crippen molar-refractivity contribution in [3.63, 3.8) is 0 Å². The van der Waals surface area contributed by atoms with Gasteiger partial charge in [0.25, 0.3) is 0 Å². The van der Waals surface area contributed by atoms with E-state index in [0.29, 0.717) is 29.8 Å². The van der Waals surface area contributed by atoms with Gasteiger partial charge in [-0.1, -0.05) is 6.07 Å². The molecule has 1 aromatic heterocycles. The Balaban J connectivity index is 2.32. The van der Waals surface area contributed by atoms with Gasteiger partial charge in [0.1, 0.15) is 5.82 Å². The third kappa shape index (κ3) is 3.11. The molecule has 0 aliphatic rings. The third-order valence-electron chi connectivity index (χ3n) is 2.63. The third-order valence-corrected chi connectivity index (χ3v) is 2.63. The van der Waals surface area contributed by atoms with E-state index in [-0.39, 0.29) is 11.8 Å². The van der Waals surface area contributed by atoms with Crippen LogP contribution in [0, 0.1) is 12.7 Å². The molecule has 0 radical (unpaired) electrons. The van der Waals surface area contributed by atoms with E-state index < -0.39 is 0 Å². The Morgan fingerprint density at radius 1 is 1.20 bits per heavy atom. The van der Waals surface area contributed by atoms with E-state index in [9.17, 15) is 4.39 Å². The van der Waals surface area contributed by atoms with Crippen LogP contribution in [0.3, 0.4) is 0 Å². The van der Waals surface area contributed by atoms with Crippen LogP contribution < -0.4 is 15.4 Å². The molecule has 20 heavy (non-hydrogen) atoms. The van der Waals surface area contributed by atoms with Gasteiger partial charge in [0.05, 0.1) is 6.61 Å². The first-order valence-electron chi connectivity index (χ1n) is 6.22. The lowest BCUT2D eigenvalue weighted by molar-refractivity contribution is 0.312. The van der Waals surface area contributed by atoms with Gasteiger partial charge in [0, 0.05) is 18.3 Å². The number of rotatable bonds is 5. The largest absolute Gasteiger partial charge is 0.464 e. The maximum atomic E-state index is 13.5. The number of halogens is 1. The van der Waals surface area contributed by atoms with Crippen molar-refractivity contribution in [2.75, 3.05) is 24.3 Å². The Morgan fingerprint density at radius 3 is 2.65 bits per heavy atom. The number of benzene rings is 1. The summed E-state index contributed by atoms with van der Waals surface area (Å²) < 4.78 is 18.8. The smallest absolute Gasteiger partial charge is 0.323 e. The SMILES string of the molecule is CCOc1nc(NC)nc(Nc2cccc(F)c2C)n1. The van der Waals surface area contributed by atoms with Crippen molar-refractivity contribution in [3.8, 4) is 6.01 Å². The summed E-state index contributed by atoms with van der Waals surface area (Å²) in [5.41, 5.74) is 1.09. The van der Waals surface area contributed by atoms with Gasteiger partial charge < -0.3 is 15.4 Å². The molecule has 0 unspecified atom stereocenters. The number of nitrogens with zero attached hydrogens (tertiary/aromatic N) is 3. The van der Waals surface area contributed by atoms with Gasteiger partial charge in [-0.15, -0.1) is 0 Å². The Bertz CT molecular complexity index is 605. The van der Waals surface area contributed by atoms with E-state index in [4.69, 9.17) is 4.74 Å². The minimum atomic E-state index is -0.289. The molecule has 1 heterocycles. The highest BCUT2D eigenvalue weighted by atomic mass is 19.1. The standard InChI is InChI=1S/C13H16FN5O/c1-4-20-13-18-11(15-3)17-12(19-13)16-10-7-5-6-9(14)8(10)2/h5-7H,4H2,1-3H3,(H2,15,16,17,18,19). The van der Waals surface area contributed by atoms with Gasteiger partial charge in [-0.25, -0.2) is 4.39 Å². The Kier molecular flexibility index (Phi) is 4.29. The normalized spacial score (nSPS) is 10.2. The number of ether oxygens (including phenoxy) is 1. The minimum Gasteiger partial charge on any atom is -0.464 e. The number of aromatic nitrogens is 3. The predicted octanol–water partition coefficient (Wildman–Crippen LogP) is 2.50. The molecule has 0 saturated heterocycles. The molecule has 1 aromatic carbocycles. The van der Waals surface area contributed by atoms with E-state index in [1.165, 1.54) is 6.07 Å². The molecule has 0 aliphatic carbocycles. The lowest BCUT2D eigenvalue weighted by Gasteiger charge is -2.10. The van der Waals surface area contributed by atoms with Crippen LogP contribution in [0.15, 0.2) is 18.2 Å². The molecule has 6 nitrogen and oxygen atoms in total. The first-order chi connectivity index (χ1) is 9.63. The number of nitrogens with one attached hydrogen (secondary N) is 2. The molecule has 0 saturated carbocycles. The van der Waals surface area contributed by atoms with E-state index in [0.717, 1.165) is 0 Å². The van der Waals surface area contributed by atoms with Crippen molar-refractivity contribution in [2.24, 2.45) is 0 Å². The fraction of sp³-hybridized carbons (Fsp3) is 0.308. The van der Waals surface area contributed by atoms with Crippen molar-refractivity contribution in [2.45, 2.75) is 13.8 Å². The van der Waals surface area contributed by atoms with Gasteiger partial charge >= 0.3 is 6.01 Å². The Labute approximate surface area is 116 Å². The molecule has 0 fully saturated rings. The lowest BCUT2D eigenvalue weighted by Crippen LogP contribution is -2.07. The lowest BCUT2D eigenvalue weighted by atomic mass is 10.2. The zero-order valence-corrected chi connectivity index (χ0v) is 11.6. The second kappa shape index (κ2) is 6.14. The molecule has 0 atom stereocenters. The van der Waals surface area contributed by atoms with Gasteiger partial charge in [-0.2, -0.15) is 15.0 Å². The highest BCUT2D eigenvalue weighted by Crippen LogP contribution is 2.21. The summed E-state index contributed by atoms with van der Waals surface area (Å²) in [6.07, 6.45) is 0. The first kappa shape index (κ1) is 14.0. The summed E-state index contributed by atoms with van der Waals surface area (Å²) in [7, 11) is 1.70. The highest BCUT2D eigenvalue weighted by Gasteiger charge is 2.09. The van der Waals surface area contributed by atoms with Crippen molar-refractivity contribution >= 4 is 17.6 Å². The maximum absolute atomic E-state index is 13.5. The second-order valence-corrected chi connectivity index (χ2v) is 3.99. The zero-order chi connectivity index (χ0) is 14.5. The maximum Gasteiger partial charge on any atom is 0.323 e. The topological polar surface area (TPSA) is 72.0 Å². The molecule has 2 aromatic rings. The van der Waals surface area contributed by atoms with E-state index in [1.807, 2.05) is 6.92 Å². The fourth-order valence-corrected chi connectivity index (χ4v) is 1.58. The van der Waals surface area contributed by atoms with Crippen LogP contribution in [-0.4, -0.2) is 28.6 Å². The summed E-state index contributed by atoms with van der Waals surface area (Å²) >= 11 is 0. The van der Waals surface area contributed by atoms with Crippen LogP contribution in [0.25, 0.3) is 0 Å².